The van der Waals surface area contributed by atoms with Crippen LogP contribution in [0.5, 0.6) is 0 Å². The molecule has 28 heavy (non-hydrogen) atoms. The number of nitrogens with zero attached hydrogens (tertiary/aromatic N) is 3. The Balaban J connectivity index is 1.97. The second kappa shape index (κ2) is 12.4. The van der Waals surface area contributed by atoms with Crippen LogP contribution < -0.4 is 10.6 Å². The Bertz CT molecular complexity index is 594. The van der Waals surface area contributed by atoms with Gasteiger partial charge in [0, 0.05) is 32.2 Å². The van der Waals surface area contributed by atoms with Crippen LogP contribution in [0.3, 0.4) is 0 Å². The van der Waals surface area contributed by atoms with E-state index in [0.29, 0.717) is 6.04 Å². The van der Waals surface area contributed by atoms with Crippen LogP contribution in [-0.4, -0.2) is 73.5 Å². The predicted octanol–water partition coefficient (Wildman–Crippen LogP) is 2.12. The fourth-order valence-electron chi connectivity index (χ4n) is 3.73. The van der Waals surface area contributed by atoms with Crippen molar-refractivity contribution in [1.82, 2.24) is 20.4 Å². The first-order valence-electron chi connectivity index (χ1n) is 10.8. The van der Waals surface area contributed by atoms with Gasteiger partial charge in [-0.1, -0.05) is 44.2 Å². The number of carbonyl (C=O) groups excluding carboxylic acids is 1. The van der Waals surface area contributed by atoms with Crippen LogP contribution in [-0.2, 0) is 11.2 Å². The van der Waals surface area contributed by atoms with Gasteiger partial charge in [0.2, 0.25) is 5.91 Å². The van der Waals surface area contributed by atoms with E-state index >= 15 is 0 Å². The lowest BCUT2D eigenvalue weighted by atomic mass is 10.0. The molecule has 2 N–H and O–H groups in total. The minimum atomic E-state index is 0.124. The molecule has 0 aromatic heterocycles. The van der Waals surface area contributed by atoms with Gasteiger partial charge in [-0.2, -0.15) is 0 Å². The van der Waals surface area contributed by atoms with Crippen LogP contribution in [0.2, 0.25) is 0 Å². The average Bonchev–Trinajstić information content (AvgIpc) is 3.26. The highest BCUT2D eigenvalue weighted by Gasteiger charge is 2.19. The number of carbonyl (C=O) groups is 1. The fraction of sp³-hybridized carbons (Fsp3) is 0.636. The van der Waals surface area contributed by atoms with Gasteiger partial charge in [0.25, 0.3) is 0 Å². The molecule has 1 saturated heterocycles. The number of aliphatic imine (C=N–C) groups is 1. The number of likely N-dealkylation sites (tertiary alicyclic amines) is 1. The normalized spacial score (nSPS) is 15.7. The van der Waals surface area contributed by atoms with Crippen molar-refractivity contribution in [2.24, 2.45) is 4.99 Å². The molecule has 1 atom stereocenters. The summed E-state index contributed by atoms with van der Waals surface area (Å²) < 4.78 is 0. The first-order valence-corrected chi connectivity index (χ1v) is 10.8. The van der Waals surface area contributed by atoms with Crippen molar-refractivity contribution < 1.29 is 4.79 Å². The Morgan fingerprint density at radius 1 is 1.11 bits per heavy atom. The summed E-state index contributed by atoms with van der Waals surface area (Å²) in [6.45, 7) is 12.0. The summed E-state index contributed by atoms with van der Waals surface area (Å²) in [5.41, 5.74) is 1.34. The Morgan fingerprint density at radius 2 is 1.79 bits per heavy atom. The molecule has 1 amide bonds. The quantitative estimate of drug-likeness (QED) is 0.477. The van der Waals surface area contributed by atoms with Gasteiger partial charge in [-0.15, -0.1) is 0 Å². The molecule has 6 nitrogen and oxygen atoms in total. The van der Waals surface area contributed by atoms with Gasteiger partial charge in [0.15, 0.2) is 5.96 Å². The zero-order valence-electron chi connectivity index (χ0n) is 17.8. The highest BCUT2D eigenvalue weighted by atomic mass is 16.2. The van der Waals surface area contributed by atoms with Gasteiger partial charge >= 0.3 is 0 Å². The minimum Gasteiger partial charge on any atom is -0.357 e. The number of benzene rings is 1. The van der Waals surface area contributed by atoms with Gasteiger partial charge in [-0.3, -0.25) is 9.69 Å². The predicted molar refractivity (Wildman–Crippen MR) is 117 cm³/mol. The maximum Gasteiger partial charge on any atom is 0.244 e. The lowest BCUT2D eigenvalue weighted by Crippen LogP contribution is -2.48. The summed E-state index contributed by atoms with van der Waals surface area (Å²) >= 11 is 0. The largest absolute Gasteiger partial charge is 0.357 e. The van der Waals surface area contributed by atoms with Crippen LogP contribution in [0, 0.1) is 0 Å². The number of rotatable bonds is 10. The Hall–Kier alpha value is -2.08. The van der Waals surface area contributed by atoms with Crippen molar-refractivity contribution in [3.8, 4) is 0 Å². The monoisotopic (exact) mass is 387 g/mol. The highest BCUT2D eigenvalue weighted by molar-refractivity contribution is 5.85. The number of likely N-dealkylation sites (N-methyl/N-ethyl adjacent to an activating group) is 1. The zero-order chi connectivity index (χ0) is 20.2. The van der Waals surface area contributed by atoms with E-state index in [9.17, 15) is 4.79 Å². The maximum absolute atomic E-state index is 12.3. The van der Waals surface area contributed by atoms with Gasteiger partial charge in [-0.25, -0.2) is 4.99 Å². The molecule has 1 aromatic rings. The van der Waals surface area contributed by atoms with Crippen LogP contribution in [0.25, 0.3) is 0 Å². The Kier molecular flexibility index (Phi) is 9.83. The molecule has 0 bridgehead atoms. The first kappa shape index (κ1) is 22.2. The van der Waals surface area contributed by atoms with E-state index in [-0.39, 0.29) is 12.5 Å². The van der Waals surface area contributed by atoms with E-state index < -0.39 is 0 Å². The second-order valence-corrected chi connectivity index (χ2v) is 7.23. The maximum atomic E-state index is 12.3. The third-order valence-corrected chi connectivity index (χ3v) is 5.32. The molecule has 156 valence electrons. The third kappa shape index (κ3) is 7.15. The number of nitrogens with one attached hydrogen (secondary N) is 2. The van der Waals surface area contributed by atoms with Gasteiger partial charge in [0.1, 0.15) is 6.54 Å². The van der Waals surface area contributed by atoms with Gasteiger partial charge in [-0.05, 0) is 44.8 Å². The molecule has 1 fully saturated rings. The number of hydrogen-bond donors (Lipinski definition) is 2. The van der Waals surface area contributed by atoms with E-state index in [2.05, 4.69) is 64.7 Å². The molecule has 2 rings (SSSR count). The Morgan fingerprint density at radius 3 is 2.39 bits per heavy atom. The van der Waals surface area contributed by atoms with Crippen molar-refractivity contribution >= 4 is 11.9 Å². The molecule has 0 spiro atoms. The second-order valence-electron chi connectivity index (χ2n) is 7.23. The van der Waals surface area contributed by atoms with E-state index in [1.54, 1.807) is 0 Å². The molecule has 1 heterocycles. The van der Waals surface area contributed by atoms with E-state index in [1.165, 1.54) is 5.56 Å². The summed E-state index contributed by atoms with van der Waals surface area (Å²) in [5.74, 6) is 0.847. The average molecular weight is 388 g/mol. The highest BCUT2D eigenvalue weighted by Crippen LogP contribution is 2.09. The summed E-state index contributed by atoms with van der Waals surface area (Å²) in [6.07, 6.45) is 3.21. The summed E-state index contributed by atoms with van der Waals surface area (Å²) in [4.78, 5) is 21.2. The van der Waals surface area contributed by atoms with Crippen LogP contribution in [0.15, 0.2) is 35.3 Å². The third-order valence-electron chi connectivity index (χ3n) is 5.32. The zero-order valence-corrected chi connectivity index (χ0v) is 17.8. The van der Waals surface area contributed by atoms with Crippen molar-refractivity contribution in [3.05, 3.63) is 35.9 Å². The molecule has 0 radical (unpaired) electrons. The number of guanidine groups is 1. The van der Waals surface area contributed by atoms with Crippen LogP contribution >= 0.6 is 0 Å². The van der Waals surface area contributed by atoms with Crippen molar-refractivity contribution in [2.75, 3.05) is 45.8 Å². The number of hydrogen-bond acceptors (Lipinski definition) is 3. The summed E-state index contributed by atoms with van der Waals surface area (Å²) in [6, 6.07) is 11.0. The SMILES string of the molecule is CCNC(=NCC(=O)N1CCCC1)NCC(Cc1ccccc1)N(CC)CC. The molecular formula is C22H37N5O. The summed E-state index contributed by atoms with van der Waals surface area (Å²) in [7, 11) is 0. The lowest BCUT2D eigenvalue weighted by Gasteiger charge is -2.30. The molecule has 1 aliphatic rings. The lowest BCUT2D eigenvalue weighted by molar-refractivity contribution is -0.128. The minimum absolute atomic E-state index is 0.124. The molecule has 1 unspecified atom stereocenters. The number of amides is 1. The van der Waals surface area contributed by atoms with Crippen molar-refractivity contribution in [1.29, 1.82) is 0 Å². The Labute approximate surface area is 170 Å². The molecule has 1 aromatic carbocycles. The van der Waals surface area contributed by atoms with Crippen molar-refractivity contribution in [2.45, 2.75) is 46.1 Å². The molecule has 1 aliphatic heterocycles. The van der Waals surface area contributed by atoms with E-state index in [1.807, 2.05) is 11.8 Å². The van der Waals surface area contributed by atoms with E-state index in [0.717, 1.165) is 64.5 Å². The summed E-state index contributed by atoms with van der Waals surface area (Å²) in [5, 5.41) is 6.73. The molecule has 0 aliphatic carbocycles. The van der Waals surface area contributed by atoms with E-state index in [4.69, 9.17) is 0 Å². The van der Waals surface area contributed by atoms with Gasteiger partial charge in [0.05, 0.1) is 0 Å². The fourth-order valence-corrected chi connectivity index (χ4v) is 3.73. The smallest absolute Gasteiger partial charge is 0.244 e. The molecular weight excluding hydrogens is 350 g/mol. The first-order chi connectivity index (χ1) is 13.7. The van der Waals surface area contributed by atoms with Crippen LogP contribution in [0.1, 0.15) is 39.2 Å². The topological polar surface area (TPSA) is 60.0 Å². The molecule has 6 heteroatoms. The van der Waals surface area contributed by atoms with Gasteiger partial charge < -0.3 is 15.5 Å². The standard InChI is InChI=1S/C22H37N5O/c1-4-23-22(25-18-21(28)27-14-10-11-15-27)24-17-20(26(5-2)6-3)16-19-12-8-7-9-13-19/h7-9,12-13,20H,4-6,10-11,14-18H2,1-3H3,(H2,23,24,25). The molecule has 0 saturated carbocycles. The van der Waals surface area contributed by atoms with Crippen molar-refractivity contribution in [3.63, 3.8) is 0 Å². The van der Waals surface area contributed by atoms with Crippen LogP contribution in [0.4, 0.5) is 0 Å².